The second-order valence-corrected chi connectivity index (χ2v) is 6.66. The van der Waals surface area contributed by atoms with E-state index in [0.717, 1.165) is 0 Å². The van der Waals surface area contributed by atoms with Gasteiger partial charge in [0.25, 0.3) is 0 Å². The van der Waals surface area contributed by atoms with Gasteiger partial charge in [-0.25, -0.2) is 14.5 Å². The lowest BCUT2D eigenvalue weighted by Gasteiger charge is -2.27. The highest BCUT2D eigenvalue weighted by Crippen LogP contribution is 2.27. The van der Waals surface area contributed by atoms with E-state index < -0.39 is 18.0 Å². The van der Waals surface area contributed by atoms with Crippen LogP contribution in [0.25, 0.3) is 11.4 Å². The molecule has 0 aromatic carbocycles. The summed E-state index contributed by atoms with van der Waals surface area (Å²) < 4.78 is 17.9. The number of carbonyl (C=O) groups is 2. The van der Waals surface area contributed by atoms with Crippen LogP contribution in [-0.4, -0.2) is 63.5 Å². The Hall–Kier alpha value is -3.21. The lowest BCUT2D eigenvalue weighted by atomic mass is 10.0. The molecule has 29 heavy (non-hydrogen) atoms. The number of hydrogen-bond donors (Lipinski definition) is 2. The summed E-state index contributed by atoms with van der Waals surface area (Å²) in [5.74, 6) is -0.929. The first-order valence-corrected chi connectivity index (χ1v) is 9.07. The van der Waals surface area contributed by atoms with E-state index in [9.17, 15) is 9.59 Å². The Morgan fingerprint density at radius 1 is 1.38 bits per heavy atom. The Labute approximate surface area is 167 Å². The number of pyridine rings is 1. The highest BCUT2D eigenvalue weighted by Gasteiger charge is 2.29. The quantitative estimate of drug-likeness (QED) is 0.718. The molecule has 1 fully saturated rings. The molecule has 0 aliphatic carbocycles. The number of aryl methyl sites for hydroxylation is 2. The lowest BCUT2D eigenvalue weighted by Crippen LogP contribution is -2.37. The van der Waals surface area contributed by atoms with Gasteiger partial charge in [0.1, 0.15) is 29.8 Å². The SMILES string of the molecule is CNC(=O)OCc1c(-c2ccc(O[C@@H]3COC[C@@H](C(=O)O)C3)c(C)n2)nnn1C. The number of nitrogens with one attached hydrogen (secondary N) is 1. The molecule has 1 aliphatic rings. The molecule has 2 atom stereocenters. The third-order valence-corrected chi connectivity index (χ3v) is 4.58. The molecule has 0 radical (unpaired) electrons. The predicted molar refractivity (Wildman–Crippen MR) is 99.2 cm³/mol. The summed E-state index contributed by atoms with van der Waals surface area (Å²) in [5.41, 5.74) is 2.27. The fraction of sp³-hybridized carbons (Fsp3) is 0.500. The van der Waals surface area contributed by atoms with Gasteiger partial charge in [-0.1, -0.05) is 5.21 Å². The van der Waals surface area contributed by atoms with Gasteiger partial charge >= 0.3 is 12.1 Å². The molecular formula is C18H23N5O6. The number of carboxylic acid groups (broad SMARTS) is 1. The number of rotatable bonds is 6. The summed E-state index contributed by atoms with van der Waals surface area (Å²) >= 11 is 0. The van der Waals surface area contributed by atoms with E-state index in [4.69, 9.17) is 19.3 Å². The van der Waals surface area contributed by atoms with E-state index in [0.29, 0.717) is 41.6 Å². The van der Waals surface area contributed by atoms with Crippen molar-refractivity contribution >= 4 is 12.1 Å². The number of aliphatic carboxylic acids is 1. The van der Waals surface area contributed by atoms with Crippen molar-refractivity contribution in [2.24, 2.45) is 13.0 Å². The molecule has 3 rings (SSSR count). The Kier molecular flexibility index (Phi) is 6.27. The van der Waals surface area contributed by atoms with Crippen LogP contribution in [0.2, 0.25) is 0 Å². The average molecular weight is 405 g/mol. The van der Waals surface area contributed by atoms with E-state index in [1.807, 2.05) is 0 Å². The molecule has 0 saturated carbocycles. The summed E-state index contributed by atoms with van der Waals surface area (Å²) in [6.07, 6.45) is -0.537. The van der Waals surface area contributed by atoms with Gasteiger partial charge in [-0.15, -0.1) is 5.10 Å². The fourth-order valence-electron chi connectivity index (χ4n) is 2.98. The standard InChI is InChI=1S/C18H23N5O6/c1-10-15(29-12-6-11(17(24)25)7-27-8-12)5-4-13(20-10)16-14(23(3)22-21-16)9-28-18(26)19-2/h4-5,11-12H,6-9H2,1-3H3,(H,19,26)(H,24,25)/t11-,12-/m0/s1. The number of ether oxygens (including phenoxy) is 3. The van der Waals surface area contributed by atoms with Crippen LogP contribution in [0.4, 0.5) is 4.79 Å². The zero-order valence-electron chi connectivity index (χ0n) is 16.4. The first-order valence-electron chi connectivity index (χ1n) is 9.07. The zero-order chi connectivity index (χ0) is 21.0. The maximum Gasteiger partial charge on any atom is 0.407 e. The summed E-state index contributed by atoms with van der Waals surface area (Å²) in [4.78, 5) is 27.1. The van der Waals surface area contributed by atoms with Crippen molar-refractivity contribution in [3.05, 3.63) is 23.5 Å². The van der Waals surface area contributed by atoms with Crippen LogP contribution in [0.3, 0.4) is 0 Å². The summed E-state index contributed by atoms with van der Waals surface area (Å²) in [7, 11) is 3.18. The summed E-state index contributed by atoms with van der Waals surface area (Å²) in [5, 5.41) is 19.6. The van der Waals surface area contributed by atoms with Crippen molar-refractivity contribution in [1.82, 2.24) is 25.3 Å². The highest BCUT2D eigenvalue weighted by atomic mass is 16.5. The molecule has 0 unspecified atom stereocenters. The maximum absolute atomic E-state index is 11.4. The van der Waals surface area contributed by atoms with Crippen molar-refractivity contribution in [2.45, 2.75) is 26.1 Å². The van der Waals surface area contributed by atoms with Gasteiger partial charge in [-0.3, -0.25) is 4.79 Å². The van der Waals surface area contributed by atoms with Crippen LogP contribution in [-0.2, 0) is 27.9 Å². The number of amides is 1. The second-order valence-electron chi connectivity index (χ2n) is 6.66. The maximum atomic E-state index is 11.4. The Morgan fingerprint density at radius 2 is 2.17 bits per heavy atom. The molecule has 2 N–H and O–H groups in total. The predicted octanol–water partition coefficient (Wildman–Crippen LogP) is 0.910. The molecule has 1 aliphatic heterocycles. The van der Waals surface area contributed by atoms with E-state index in [-0.39, 0.29) is 19.3 Å². The van der Waals surface area contributed by atoms with E-state index in [1.54, 1.807) is 26.1 Å². The largest absolute Gasteiger partial charge is 0.486 e. The fourth-order valence-corrected chi connectivity index (χ4v) is 2.98. The smallest absolute Gasteiger partial charge is 0.407 e. The number of carboxylic acids is 1. The number of nitrogens with zero attached hydrogens (tertiary/aromatic N) is 4. The topological polar surface area (TPSA) is 138 Å². The Balaban J connectivity index is 1.75. The minimum Gasteiger partial charge on any atom is -0.486 e. The van der Waals surface area contributed by atoms with Gasteiger partial charge in [-0.05, 0) is 19.1 Å². The van der Waals surface area contributed by atoms with Crippen molar-refractivity contribution in [3.8, 4) is 17.1 Å². The van der Waals surface area contributed by atoms with E-state index in [2.05, 4.69) is 20.6 Å². The first kappa shape index (κ1) is 20.5. The van der Waals surface area contributed by atoms with Crippen LogP contribution in [0.15, 0.2) is 12.1 Å². The summed E-state index contributed by atoms with van der Waals surface area (Å²) in [6, 6.07) is 3.48. The zero-order valence-corrected chi connectivity index (χ0v) is 16.4. The van der Waals surface area contributed by atoms with Crippen molar-refractivity contribution in [2.75, 3.05) is 20.3 Å². The molecular weight excluding hydrogens is 382 g/mol. The Bertz CT molecular complexity index is 899. The van der Waals surface area contributed by atoms with Crippen molar-refractivity contribution in [1.29, 1.82) is 0 Å². The minimum atomic E-state index is -0.891. The lowest BCUT2D eigenvalue weighted by molar-refractivity contribution is -0.149. The van der Waals surface area contributed by atoms with Gasteiger partial charge in [0.15, 0.2) is 0 Å². The number of aromatic nitrogens is 4. The first-order chi connectivity index (χ1) is 13.9. The molecule has 0 bridgehead atoms. The monoisotopic (exact) mass is 405 g/mol. The normalized spacial score (nSPS) is 18.9. The van der Waals surface area contributed by atoms with Gasteiger partial charge in [-0.2, -0.15) is 0 Å². The van der Waals surface area contributed by atoms with Crippen molar-refractivity contribution < 1.29 is 28.9 Å². The summed E-state index contributed by atoms with van der Waals surface area (Å²) in [6.45, 7) is 2.30. The Morgan fingerprint density at radius 3 is 2.86 bits per heavy atom. The van der Waals surface area contributed by atoms with Gasteiger partial charge in [0.05, 0.1) is 30.5 Å². The number of hydrogen-bond acceptors (Lipinski definition) is 8. The third kappa shape index (κ3) is 4.80. The molecule has 11 nitrogen and oxygen atoms in total. The van der Waals surface area contributed by atoms with Crippen LogP contribution in [0, 0.1) is 12.8 Å². The highest BCUT2D eigenvalue weighted by molar-refractivity contribution is 5.70. The van der Waals surface area contributed by atoms with E-state index in [1.165, 1.54) is 11.7 Å². The number of carbonyl (C=O) groups excluding carboxylic acids is 1. The van der Waals surface area contributed by atoms with Crippen LogP contribution in [0.5, 0.6) is 5.75 Å². The minimum absolute atomic E-state index is 0.00647. The molecule has 3 heterocycles. The van der Waals surface area contributed by atoms with Crippen LogP contribution >= 0.6 is 0 Å². The molecule has 0 spiro atoms. The second kappa shape index (κ2) is 8.86. The molecule has 1 saturated heterocycles. The number of alkyl carbamates (subject to hydrolysis) is 1. The average Bonchev–Trinajstić information content (AvgIpc) is 3.08. The van der Waals surface area contributed by atoms with Gasteiger partial charge in [0, 0.05) is 20.5 Å². The van der Waals surface area contributed by atoms with Crippen LogP contribution < -0.4 is 10.1 Å². The van der Waals surface area contributed by atoms with Crippen molar-refractivity contribution in [3.63, 3.8) is 0 Å². The molecule has 2 aromatic heterocycles. The molecule has 11 heteroatoms. The van der Waals surface area contributed by atoms with Crippen LogP contribution in [0.1, 0.15) is 17.8 Å². The third-order valence-electron chi connectivity index (χ3n) is 4.58. The molecule has 1 amide bonds. The molecule has 156 valence electrons. The molecule has 2 aromatic rings. The van der Waals surface area contributed by atoms with Gasteiger partial charge in [0.2, 0.25) is 0 Å². The van der Waals surface area contributed by atoms with E-state index >= 15 is 0 Å². The van der Waals surface area contributed by atoms with Gasteiger partial charge < -0.3 is 24.6 Å².